The molecule has 0 aliphatic heterocycles. The number of aliphatic carboxylic acids is 1. The Morgan fingerprint density at radius 3 is 2.50 bits per heavy atom. The van der Waals surface area contributed by atoms with E-state index in [0.717, 1.165) is 0 Å². The Hall–Kier alpha value is -1.75. The van der Waals surface area contributed by atoms with Gasteiger partial charge in [0, 0.05) is 12.6 Å². The lowest BCUT2D eigenvalue weighted by Crippen LogP contribution is -2.38. The van der Waals surface area contributed by atoms with Gasteiger partial charge in [0.05, 0.1) is 10.7 Å². The number of primary amides is 1. The van der Waals surface area contributed by atoms with Crippen molar-refractivity contribution in [2.45, 2.75) is 19.4 Å². The zero-order valence-corrected chi connectivity index (χ0v) is 10.9. The van der Waals surface area contributed by atoms with Crippen LogP contribution in [-0.2, 0) is 4.79 Å². The Labute approximate surface area is 110 Å². The highest BCUT2D eigenvalue weighted by molar-refractivity contribution is 6.33. The summed E-state index contributed by atoms with van der Waals surface area (Å²) in [5.74, 6) is -1.49. The van der Waals surface area contributed by atoms with Crippen molar-refractivity contribution in [1.29, 1.82) is 0 Å². The molecule has 5 nitrogen and oxygen atoms in total. The van der Waals surface area contributed by atoms with E-state index in [0.29, 0.717) is 22.7 Å². The maximum Gasteiger partial charge on any atom is 0.326 e. The van der Waals surface area contributed by atoms with Crippen molar-refractivity contribution in [2.75, 3.05) is 11.9 Å². The molecule has 0 saturated carbocycles. The van der Waals surface area contributed by atoms with Crippen LogP contribution in [0.1, 0.15) is 23.7 Å². The van der Waals surface area contributed by atoms with Crippen molar-refractivity contribution in [3.8, 4) is 0 Å². The third kappa shape index (κ3) is 2.92. The van der Waals surface area contributed by atoms with Gasteiger partial charge in [0.15, 0.2) is 0 Å². The van der Waals surface area contributed by atoms with Gasteiger partial charge < -0.3 is 15.7 Å². The van der Waals surface area contributed by atoms with E-state index < -0.39 is 17.9 Å². The van der Waals surface area contributed by atoms with E-state index in [-0.39, 0.29) is 0 Å². The Bertz CT molecular complexity index is 476. The van der Waals surface area contributed by atoms with Crippen molar-refractivity contribution >= 4 is 29.2 Å². The topological polar surface area (TPSA) is 83.6 Å². The maximum absolute atomic E-state index is 11.1. The lowest BCUT2D eigenvalue weighted by molar-refractivity contribution is -0.138. The normalized spacial score (nSPS) is 11.9. The summed E-state index contributed by atoms with van der Waals surface area (Å²) >= 11 is 6.03. The number of amides is 1. The Balaban J connectivity index is 3.10. The molecule has 0 aliphatic carbocycles. The van der Waals surface area contributed by atoms with Gasteiger partial charge in [0.2, 0.25) is 5.91 Å². The summed E-state index contributed by atoms with van der Waals surface area (Å²) < 4.78 is 0. The molecule has 0 aromatic heterocycles. The second kappa shape index (κ2) is 5.73. The fourth-order valence-corrected chi connectivity index (χ4v) is 2.04. The first-order valence-electron chi connectivity index (χ1n) is 5.43. The molecule has 1 amide bonds. The van der Waals surface area contributed by atoms with Crippen LogP contribution in [0.2, 0.25) is 5.02 Å². The fraction of sp³-hybridized carbons (Fsp3) is 0.333. The number of anilines is 1. The summed E-state index contributed by atoms with van der Waals surface area (Å²) in [5, 5.41) is 9.38. The van der Waals surface area contributed by atoms with Gasteiger partial charge in [0.25, 0.3) is 0 Å². The van der Waals surface area contributed by atoms with Gasteiger partial charge in [-0.25, -0.2) is 4.79 Å². The summed E-state index contributed by atoms with van der Waals surface area (Å²) in [5.41, 5.74) is 5.98. The molecule has 1 atom stereocenters. The molecule has 1 aromatic carbocycles. The molecule has 18 heavy (non-hydrogen) atoms. The molecular weight excluding hydrogens is 256 g/mol. The van der Waals surface area contributed by atoms with Crippen LogP contribution < -0.4 is 10.6 Å². The highest BCUT2D eigenvalue weighted by Crippen LogP contribution is 2.28. The number of carbonyl (C=O) groups is 2. The maximum atomic E-state index is 11.1. The van der Waals surface area contributed by atoms with Gasteiger partial charge >= 0.3 is 5.97 Å². The molecule has 0 heterocycles. The molecular formula is C12H15ClN2O3. The predicted molar refractivity (Wildman–Crippen MR) is 70.1 cm³/mol. The standard InChI is InChI=1S/C12H15ClN2O3/c1-3-9(12(17)18)15(2)10-5-4-7(11(14)16)6-8(10)13/h4-6,9H,3H2,1-2H3,(H2,14,16)(H,17,18). The Morgan fingerprint density at radius 2 is 2.11 bits per heavy atom. The van der Waals surface area contributed by atoms with Gasteiger partial charge in [-0.05, 0) is 24.6 Å². The molecule has 98 valence electrons. The lowest BCUT2D eigenvalue weighted by atomic mass is 10.1. The van der Waals surface area contributed by atoms with Gasteiger partial charge in [-0.1, -0.05) is 18.5 Å². The van der Waals surface area contributed by atoms with E-state index in [4.69, 9.17) is 22.4 Å². The second-order valence-electron chi connectivity index (χ2n) is 3.90. The zero-order chi connectivity index (χ0) is 13.9. The van der Waals surface area contributed by atoms with Crippen LogP contribution in [0, 0.1) is 0 Å². The van der Waals surface area contributed by atoms with Crippen LogP contribution in [-0.4, -0.2) is 30.1 Å². The SMILES string of the molecule is CCC(C(=O)O)N(C)c1ccc(C(N)=O)cc1Cl. The number of nitrogens with two attached hydrogens (primary N) is 1. The van der Waals surface area contributed by atoms with E-state index in [9.17, 15) is 9.59 Å². The number of carboxylic acid groups (broad SMARTS) is 1. The third-order valence-corrected chi connectivity index (χ3v) is 3.05. The van der Waals surface area contributed by atoms with Gasteiger partial charge in [0.1, 0.15) is 6.04 Å². The van der Waals surface area contributed by atoms with Gasteiger partial charge in [-0.2, -0.15) is 0 Å². The quantitative estimate of drug-likeness (QED) is 0.854. The number of likely N-dealkylation sites (N-methyl/N-ethyl adjacent to an activating group) is 1. The first-order valence-corrected chi connectivity index (χ1v) is 5.81. The minimum Gasteiger partial charge on any atom is -0.480 e. The Kier molecular flexibility index (Phi) is 4.55. The van der Waals surface area contributed by atoms with E-state index in [1.807, 2.05) is 0 Å². The molecule has 6 heteroatoms. The molecule has 0 bridgehead atoms. The largest absolute Gasteiger partial charge is 0.480 e. The second-order valence-corrected chi connectivity index (χ2v) is 4.31. The van der Waals surface area contributed by atoms with Crippen molar-refractivity contribution in [3.05, 3.63) is 28.8 Å². The van der Waals surface area contributed by atoms with E-state index in [2.05, 4.69) is 0 Å². The minimum absolute atomic E-state index is 0.292. The number of hydrogen-bond donors (Lipinski definition) is 2. The van der Waals surface area contributed by atoms with Crippen LogP contribution in [0.3, 0.4) is 0 Å². The first kappa shape index (κ1) is 14.3. The van der Waals surface area contributed by atoms with Crippen molar-refractivity contribution in [2.24, 2.45) is 5.73 Å². The summed E-state index contributed by atoms with van der Waals surface area (Å²) in [6.45, 7) is 1.78. The molecule has 1 aromatic rings. The minimum atomic E-state index is -0.921. The number of halogens is 1. The van der Waals surface area contributed by atoms with Crippen LogP contribution in [0.4, 0.5) is 5.69 Å². The number of carbonyl (C=O) groups excluding carboxylic acids is 1. The lowest BCUT2D eigenvalue weighted by Gasteiger charge is -2.26. The van der Waals surface area contributed by atoms with Crippen LogP contribution in [0.5, 0.6) is 0 Å². The number of nitrogens with zero attached hydrogens (tertiary/aromatic N) is 1. The van der Waals surface area contributed by atoms with E-state index in [1.54, 1.807) is 24.9 Å². The molecule has 0 fully saturated rings. The highest BCUT2D eigenvalue weighted by atomic mass is 35.5. The summed E-state index contributed by atoms with van der Waals surface area (Å²) in [4.78, 5) is 23.6. The third-order valence-electron chi connectivity index (χ3n) is 2.75. The zero-order valence-electron chi connectivity index (χ0n) is 10.2. The Morgan fingerprint density at radius 1 is 1.50 bits per heavy atom. The van der Waals surface area contributed by atoms with Gasteiger partial charge in [-0.15, -0.1) is 0 Å². The molecule has 1 rings (SSSR count). The van der Waals surface area contributed by atoms with Crippen LogP contribution in [0.15, 0.2) is 18.2 Å². The number of hydrogen-bond acceptors (Lipinski definition) is 3. The molecule has 0 radical (unpaired) electrons. The van der Waals surface area contributed by atoms with Crippen molar-refractivity contribution in [3.63, 3.8) is 0 Å². The average Bonchev–Trinajstić information content (AvgIpc) is 2.28. The molecule has 3 N–H and O–H groups in total. The summed E-state index contributed by atoms with van der Waals surface area (Å²) in [6.07, 6.45) is 0.444. The molecule has 1 unspecified atom stereocenters. The molecule has 0 saturated heterocycles. The monoisotopic (exact) mass is 270 g/mol. The smallest absolute Gasteiger partial charge is 0.326 e. The molecule has 0 aliphatic rings. The predicted octanol–water partition coefficient (Wildman–Crippen LogP) is 1.74. The van der Waals surface area contributed by atoms with Crippen LogP contribution >= 0.6 is 11.6 Å². The average molecular weight is 271 g/mol. The number of benzene rings is 1. The summed E-state index contributed by atoms with van der Waals surface area (Å²) in [6, 6.07) is 3.88. The highest BCUT2D eigenvalue weighted by Gasteiger charge is 2.22. The summed E-state index contributed by atoms with van der Waals surface area (Å²) in [7, 11) is 1.65. The van der Waals surface area contributed by atoms with Gasteiger partial charge in [-0.3, -0.25) is 4.79 Å². The number of rotatable bonds is 5. The van der Waals surface area contributed by atoms with Crippen molar-refractivity contribution in [1.82, 2.24) is 0 Å². The fourth-order valence-electron chi connectivity index (χ4n) is 1.73. The van der Waals surface area contributed by atoms with E-state index in [1.165, 1.54) is 12.1 Å². The van der Waals surface area contributed by atoms with Crippen LogP contribution in [0.25, 0.3) is 0 Å². The first-order chi connectivity index (χ1) is 8.38. The molecule has 0 spiro atoms. The van der Waals surface area contributed by atoms with Crippen molar-refractivity contribution < 1.29 is 14.7 Å². The number of carboxylic acids is 1. The van der Waals surface area contributed by atoms with E-state index >= 15 is 0 Å².